The molecule has 0 radical (unpaired) electrons. The molecule has 3 heterocycles. The number of carbonyl (C=O) groups excluding carboxylic acids is 3. The fourth-order valence-electron chi connectivity index (χ4n) is 8.38. The quantitative estimate of drug-likeness (QED) is 0.0901. The van der Waals surface area contributed by atoms with Gasteiger partial charge >= 0.3 is 6.18 Å². The van der Waals surface area contributed by atoms with Crippen LogP contribution in [-0.2, 0) is 6.54 Å². The SMILES string of the molecule is COc1cc(C(=O)N(C)CC(CCN2CCC(C(=O)c3nc4ccccc4n3CCCC(F)(F)F)CC2C(=O)c2nc3ccccc3[nH]2)c2ccccc2)cc(OC)c1OC. The van der Waals surface area contributed by atoms with Gasteiger partial charge in [0, 0.05) is 44.0 Å². The minimum Gasteiger partial charge on any atom is -0.493 e. The molecule has 2 aromatic heterocycles. The van der Waals surface area contributed by atoms with E-state index in [2.05, 4.69) is 19.9 Å². The van der Waals surface area contributed by atoms with Gasteiger partial charge in [0.2, 0.25) is 17.3 Å². The number of hydrogen-bond donors (Lipinski definition) is 1. The Morgan fingerprint density at radius 1 is 0.852 bits per heavy atom. The van der Waals surface area contributed by atoms with Crippen molar-refractivity contribution in [1.82, 2.24) is 29.3 Å². The van der Waals surface area contributed by atoms with E-state index in [0.29, 0.717) is 77.4 Å². The number of nitrogens with zero attached hydrogens (tertiary/aromatic N) is 5. The number of H-pyrrole nitrogens is 1. The molecule has 6 aromatic rings. The van der Waals surface area contributed by atoms with Crippen molar-refractivity contribution in [1.29, 1.82) is 0 Å². The summed E-state index contributed by atoms with van der Waals surface area (Å²) in [4.78, 5) is 59.1. The van der Waals surface area contributed by atoms with Crippen LogP contribution in [0, 0.1) is 5.92 Å². The van der Waals surface area contributed by atoms with Crippen LogP contribution in [0.5, 0.6) is 17.2 Å². The zero-order valence-corrected chi connectivity index (χ0v) is 34.6. The molecule has 1 fully saturated rings. The average Bonchev–Trinajstić information content (AvgIpc) is 3.88. The number of ketones is 2. The lowest BCUT2D eigenvalue weighted by Gasteiger charge is -2.38. The lowest BCUT2D eigenvalue weighted by molar-refractivity contribution is -0.135. The number of nitrogens with one attached hydrogen (secondary N) is 1. The van der Waals surface area contributed by atoms with Gasteiger partial charge in [-0.05, 0) is 80.7 Å². The van der Waals surface area contributed by atoms with Crippen LogP contribution in [0.25, 0.3) is 22.1 Å². The lowest BCUT2D eigenvalue weighted by Crippen LogP contribution is -2.49. The van der Waals surface area contributed by atoms with E-state index in [0.717, 1.165) is 5.56 Å². The molecule has 1 aliphatic heterocycles. The molecule has 15 heteroatoms. The number of carbonyl (C=O) groups is 3. The maximum atomic E-state index is 14.6. The first-order valence-corrected chi connectivity index (χ1v) is 20.3. The Morgan fingerprint density at radius 2 is 1.52 bits per heavy atom. The summed E-state index contributed by atoms with van der Waals surface area (Å²) in [5.41, 5.74) is 3.82. The number of aromatic amines is 1. The number of benzene rings is 4. The van der Waals surface area contributed by atoms with E-state index in [4.69, 9.17) is 14.2 Å². The molecular weight excluding hydrogens is 790 g/mol. The predicted octanol–water partition coefficient (Wildman–Crippen LogP) is 8.37. The highest BCUT2D eigenvalue weighted by Gasteiger charge is 2.40. The van der Waals surface area contributed by atoms with Crippen LogP contribution >= 0.6 is 0 Å². The topological polar surface area (TPSA) is 132 Å². The number of fused-ring (bicyclic) bond motifs is 2. The van der Waals surface area contributed by atoms with Gasteiger partial charge in [-0.1, -0.05) is 54.6 Å². The molecule has 12 nitrogen and oxygen atoms in total. The van der Waals surface area contributed by atoms with Gasteiger partial charge in [-0.25, -0.2) is 9.97 Å². The summed E-state index contributed by atoms with van der Waals surface area (Å²) in [5, 5.41) is 0. The van der Waals surface area contributed by atoms with E-state index < -0.39 is 24.6 Å². The Hall–Kier alpha value is -6.22. The summed E-state index contributed by atoms with van der Waals surface area (Å²) in [6, 6.07) is 26.7. The Balaban J connectivity index is 1.15. The van der Waals surface area contributed by atoms with Crippen LogP contribution in [0.1, 0.15) is 75.2 Å². The number of methoxy groups -OCH3 is 3. The molecule has 1 saturated heterocycles. The van der Waals surface area contributed by atoms with E-state index in [1.54, 1.807) is 52.9 Å². The molecule has 0 saturated carbocycles. The summed E-state index contributed by atoms with van der Waals surface area (Å²) < 4.78 is 57.6. The second kappa shape index (κ2) is 18.6. The standard InChI is InChI=1S/C46H49F3N6O6/c1-53(45(58)32-26-38(59-2)42(61-4)39(27-32)60-3)28-31(29-13-6-5-7-14-29)20-24-54-23-19-30(25-37(54)41(57)43-50-33-15-8-9-16-34(33)51-43)40(56)44-52-35-17-10-11-18-36(35)55(44)22-12-21-46(47,48)49/h5-11,13-18,26-27,30-31,37H,12,19-25,28H2,1-4H3,(H,50,51). The number of likely N-dealkylation sites (N-methyl/N-ethyl adjacent to an activating group) is 1. The predicted molar refractivity (Wildman–Crippen MR) is 225 cm³/mol. The van der Waals surface area contributed by atoms with Crippen molar-refractivity contribution in [2.24, 2.45) is 5.92 Å². The summed E-state index contributed by atoms with van der Waals surface area (Å²) in [5.74, 6) is -0.213. The van der Waals surface area contributed by atoms with E-state index >= 15 is 0 Å². The second-order valence-corrected chi connectivity index (χ2v) is 15.4. The largest absolute Gasteiger partial charge is 0.493 e. The van der Waals surface area contributed by atoms with E-state index in [9.17, 15) is 27.6 Å². The number of aromatic nitrogens is 4. The van der Waals surface area contributed by atoms with E-state index in [1.165, 1.54) is 21.3 Å². The molecule has 4 aromatic carbocycles. The summed E-state index contributed by atoms with van der Waals surface area (Å²) >= 11 is 0. The minimum absolute atomic E-state index is 0.0291. The van der Waals surface area contributed by atoms with Gasteiger partial charge in [0.05, 0.1) is 49.4 Å². The number of Topliss-reactive ketones (excluding diaryl/α,β-unsaturated/α-hetero) is 2. The number of rotatable bonds is 17. The second-order valence-electron chi connectivity index (χ2n) is 15.4. The number of para-hydroxylation sites is 4. The lowest BCUT2D eigenvalue weighted by atomic mass is 9.84. The molecule has 0 bridgehead atoms. The first-order chi connectivity index (χ1) is 29.4. The normalized spacial score (nSPS) is 16.4. The highest BCUT2D eigenvalue weighted by Crippen LogP contribution is 2.39. The summed E-state index contributed by atoms with van der Waals surface area (Å²) in [6.07, 6.45) is -4.39. The number of amides is 1. The van der Waals surface area contributed by atoms with Gasteiger partial charge in [-0.15, -0.1) is 0 Å². The van der Waals surface area contributed by atoms with Gasteiger partial charge in [0.15, 0.2) is 23.1 Å². The van der Waals surface area contributed by atoms with Crippen molar-refractivity contribution < 1.29 is 41.8 Å². The van der Waals surface area contributed by atoms with Crippen LogP contribution in [0.3, 0.4) is 0 Å². The molecule has 1 N–H and O–H groups in total. The molecule has 7 rings (SSSR count). The maximum Gasteiger partial charge on any atom is 0.389 e. The zero-order chi connectivity index (χ0) is 43.3. The number of ether oxygens (including phenoxy) is 3. The van der Waals surface area contributed by atoms with Gasteiger partial charge < -0.3 is 28.7 Å². The first kappa shape index (κ1) is 42.9. The molecule has 3 unspecified atom stereocenters. The van der Waals surface area contributed by atoms with Crippen molar-refractivity contribution in [3.8, 4) is 17.2 Å². The molecule has 0 aliphatic carbocycles. The number of imidazole rings is 2. The van der Waals surface area contributed by atoms with Gasteiger partial charge in [0.25, 0.3) is 5.91 Å². The van der Waals surface area contributed by atoms with Crippen molar-refractivity contribution in [3.05, 3.63) is 114 Å². The van der Waals surface area contributed by atoms with Crippen LogP contribution in [0.4, 0.5) is 13.2 Å². The Labute approximate surface area is 351 Å². The Morgan fingerprint density at radius 3 is 2.20 bits per heavy atom. The van der Waals surface area contributed by atoms with Crippen molar-refractivity contribution >= 4 is 39.5 Å². The molecule has 61 heavy (non-hydrogen) atoms. The smallest absolute Gasteiger partial charge is 0.389 e. The molecule has 320 valence electrons. The summed E-state index contributed by atoms with van der Waals surface area (Å²) in [7, 11) is 6.22. The molecule has 0 spiro atoms. The number of likely N-dealkylation sites (tertiary alicyclic amines) is 1. The van der Waals surface area contributed by atoms with Gasteiger partial charge in [0.1, 0.15) is 0 Å². The monoisotopic (exact) mass is 838 g/mol. The summed E-state index contributed by atoms with van der Waals surface area (Å²) in [6.45, 7) is 1.17. The molecule has 3 atom stereocenters. The number of alkyl halides is 3. The van der Waals surface area contributed by atoms with Crippen LogP contribution in [0.2, 0.25) is 0 Å². The highest BCUT2D eigenvalue weighted by atomic mass is 19.4. The van der Waals surface area contributed by atoms with Gasteiger partial charge in [-0.2, -0.15) is 13.2 Å². The van der Waals surface area contributed by atoms with E-state index in [1.807, 2.05) is 54.6 Å². The fourth-order valence-corrected chi connectivity index (χ4v) is 8.38. The third-order valence-electron chi connectivity index (χ3n) is 11.5. The number of piperidine rings is 1. The third-order valence-corrected chi connectivity index (χ3v) is 11.5. The number of hydrogen-bond acceptors (Lipinski definition) is 9. The third kappa shape index (κ3) is 9.57. The van der Waals surface area contributed by atoms with Crippen molar-refractivity contribution in [2.45, 2.75) is 56.8 Å². The fraction of sp³-hybridized carbons (Fsp3) is 0.370. The number of halogens is 3. The maximum absolute atomic E-state index is 14.6. The average molecular weight is 839 g/mol. The number of aryl methyl sites for hydroxylation is 1. The minimum atomic E-state index is -4.33. The van der Waals surface area contributed by atoms with Gasteiger partial charge in [-0.3, -0.25) is 19.3 Å². The van der Waals surface area contributed by atoms with E-state index in [-0.39, 0.29) is 54.4 Å². The van der Waals surface area contributed by atoms with Crippen LogP contribution in [0.15, 0.2) is 91.0 Å². The molecular formula is C46H49F3N6O6. The Kier molecular flexibility index (Phi) is 13.1. The van der Waals surface area contributed by atoms with Crippen molar-refractivity contribution in [3.63, 3.8) is 0 Å². The zero-order valence-electron chi connectivity index (χ0n) is 34.6. The Bertz CT molecular complexity index is 2440. The first-order valence-electron chi connectivity index (χ1n) is 20.3. The highest BCUT2D eigenvalue weighted by molar-refractivity contribution is 6.02. The van der Waals surface area contributed by atoms with Crippen LogP contribution in [-0.4, -0.2) is 107 Å². The molecule has 1 aliphatic rings. The molecule has 1 amide bonds. The van der Waals surface area contributed by atoms with Crippen LogP contribution < -0.4 is 14.2 Å². The van der Waals surface area contributed by atoms with Crippen molar-refractivity contribution in [2.75, 3.05) is 48.0 Å².